The second-order valence-electron chi connectivity index (χ2n) is 8.44. The lowest BCUT2D eigenvalue weighted by molar-refractivity contribution is -0.150. The van der Waals surface area contributed by atoms with E-state index >= 15 is 4.39 Å². The van der Waals surface area contributed by atoms with E-state index < -0.39 is 17.2 Å². The molecule has 0 aliphatic heterocycles. The Morgan fingerprint density at radius 2 is 1.94 bits per heavy atom. The van der Waals surface area contributed by atoms with E-state index in [4.69, 9.17) is 10.5 Å². The smallest absolute Gasteiger partial charge is 0.317 e. The topological polar surface area (TPSA) is 95.9 Å². The number of carbonyl (C=O) groups is 1. The van der Waals surface area contributed by atoms with Gasteiger partial charge >= 0.3 is 5.97 Å². The van der Waals surface area contributed by atoms with Crippen molar-refractivity contribution in [3.63, 3.8) is 0 Å². The Bertz CT molecular complexity index is 1090. The lowest BCUT2D eigenvalue weighted by Gasteiger charge is -2.32. The molecule has 0 spiro atoms. The molecule has 7 nitrogen and oxygen atoms in total. The fourth-order valence-electron chi connectivity index (χ4n) is 4.03. The molecule has 0 aliphatic rings. The Morgan fingerprint density at radius 3 is 2.53 bits per heavy atom. The number of fused-ring (bicyclic) bond motifs is 1. The minimum absolute atomic E-state index is 0. The summed E-state index contributed by atoms with van der Waals surface area (Å²) in [6.07, 6.45) is 3.56. The van der Waals surface area contributed by atoms with E-state index in [0.717, 1.165) is 0 Å². The van der Waals surface area contributed by atoms with Crippen LogP contribution in [-0.2, 0) is 14.9 Å². The number of rotatable bonds is 8. The molecular weight excluding hydrogens is 433 g/mol. The summed E-state index contributed by atoms with van der Waals surface area (Å²) in [5.41, 5.74) is 7.56. The first-order valence-corrected chi connectivity index (χ1v) is 10.6. The van der Waals surface area contributed by atoms with Crippen molar-refractivity contribution in [2.75, 3.05) is 13.2 Å². The third kappa shape index (κ3) is 4.61. The van der Waals surface area contributed by atoms with Crippen molar-refractivity contribution in [3.05, 3.63) is 42.2 Å². The molecule has 32 heavy (non-hydrogen) atoms. The molecule has 0 fully saturated rings. The van der Waals surface area contributed by atoms with Gasteiger partial charge in [-0.1, -0.05) is 13.8 Å². The van der Waals surface area contributed by atoms with E-state index in [-0.39, 0.29) is 43.1 Å². The molecule has 9 heteroatoms. The van der Waals surface area contributed by atoms with Gasteiger partial charge in [0.1, 0.15) is 28.8 Å². The van der Waals surface area contributed by atoms with Gasteiger partial charge in [-0.3, -0.25) is 4.79 Å². The fourth-order valence-corrected chi connectivity index (χ4v) is 4.03. The van der Waals surface area contributed by atoms with Gasteiger partial charge in [-0.25, -0.2) is 19.3 Å². The summed E-state index contributed by atoms with van der Waals surface area (Å²) in [7, 11) is 0. The van der Waals surface area contributed by atoms with Gasteiger partial charge in [-0.2, -0.15) is 0 Å². The van der Waals surface area contributed by atoms with Crippen LogP contribution in [0.25, 0.3) is 22.4 Å². The SMILES string of the molecule is CCOC(=O)C(CN)(CC(C)C)c1cc(-c2ncnc3c2ncn3C(C)C)ccc1F.Cl. The number of aromatic nitrogens is 4. The first-order valence-electron chi connectivity index (χ1n) is 10.6. The Balaban J connectivity index is 0.00000363. The summed E-state index contributed by atoms with van der Waals surface area (Å²) in [6.45, 7) is 9.88. The number of nitrogens with two attached hydrogens (primary N) is 1. The summed E-state index contributed by atoms with van der Waals surface area (Å²) in [4.78, 5) is 26.3. The first kappa shape index (κ1) is 25.7. The fraction of sp³-hybridized carbons (Fsp3) is 0.478. The van der Waals surface area contributed by atoms with E-state index in [1.165, 1.54) is 12.4 Å². The van der Waals surface area contributed by atoms with E-state index in [2.05, 4.69) is 15.0 Å². The number of halogens is 2. The van der Waals surface area contributed by atoms with Crippen molar-refractivity contribution in [1.29, 1.82) is 0 Å². The number of ether oxygens (including phenoxy) is 1. The van der Waals surface area contributed by atoms with Crippen molar-refractivity contribution in [1.82, 2.24) is 19.5 Å². The molecule has 3 rings (SSSR count). The zero-order chi connectivity index (χ0) is 22.8. The second kappa shape index (κ2) is 10.4. The van der Waals surface area contributed by atoms with E-state index in [1.54, 1.807) is 25.4 Å². The van der Waals surface area contributed by atoms with Crippen LogP contribution in [-0.4, -0.2) is 38.6 Å². The summed E-state index contributed by atoms with van der Waals surface area (Å²) < 4.78 is 22.4. The van der Waals surface area contributed by atoms with Crippen molar-refractivity contribution in [2.24, 2.45) is 11.7 Å². The molecule has 2 heterocycles. The number of benzene rings is 1. The number of esters is 1. The van der Waals surface area contributed by atoms with Gasteiger partial charge in [0.2, 0.25) is 0 Å². The Morgan fingerprint density at radius 1 is 1.22 bits per heavy atom. The number of nitrogens with zero attached hydrogens (tertiary/aromatic N) is 4. The normalized spacial score (nSPS) is 13.3. The maximum atomic E-state index is 15.1. The van der Waals surface area contributed by atoms with Crippen LogP contribution in [0.4, 0.5) is 4.39 Å². The van der Waals surface area contributed by atoms with Crippen LogP contribution >= 0.6 is 12.4 Å². The molecule has 0 bridgehead atoms. The third-order valence-electron chi connectivity index (χ3n) is 5.44. The van der Waals surface area contributed by atoms with Gasteiger partial charge in [0.25, 0.3) is 0 Å². The van der Waals surface area contributed by atoms with Gasteiger partial charge in [-0.15, -0.1) is 12.4 Å². The maximum Gasteiger partial charge on any atom is 0.317 e. The highest BCUT2D eigenvalue weighted by atomic mass is 35.5. The van der Waals surface area contributed by atoms with Gasteiger partial charge in [0.15, 0.2) is 5.65 Å². The number of hydrogen-bond acceptors (Lipinski definition) is 6. The predicted molar refractivity (Wildman–Crippen MR) is 125 cm³/mol. The minimum Gasteiger partial charge on any atom is -0.465 e. The molecule has 1 atom stereocenters. The second-order valence-corrected chi connectivity index (χ2v) is 8.44. The number of carbonyl (C=O) groups excluding carboxylic acids is 1. The van der Waals surface area contributed by atoms with Crippen molar-refractivity contribution in [2.45, 2.75) is 52.5 Å². The van der Waals surface area contributed by atoms with Crippen LogP contribution in [0, 0.1) is 11.7 Å². The highest BCUT2D eigenvalue weighted by Crippen LogP contribution is 2.37. The van der Waals surface area contributed by atoms with Gasteiger partial charge in [0, 0.05) is 23.7 Å². The average molecular weight is 464 g/mol. The number of imidazole rings is 1. The van der Waals surface area contributed by atoms with Crippen molar-refractivity contribution < 1.29 is 13.9 Å². The highest BCUT2D eigenvalue weighted by Gasteiger charge is 2.43. The van der Waals surface area contributed by atoms with Crippen LogP contribution in [0.1, 0.15) is 52.6 Å². The lowest BCUT2D eigenvalue weighted by Crippen LogP contribution is -2.46. The van der Waals surface area contributed by atoms with Crippen molar-refractivity contribution in [3.8, 4) is 11.3 Å². The largest absolute Gasteiger partial charge is 0.465 e. The molecule has 174 valence electrons. The molecule has 2 N–H and O–H groups in total. The predicted octanol–water partition coefficient (Wildman–Crippen LogP) is 4.44. The number of hydrogen-bond donors (Lipinski definition) is 1. The molecule has 2 aromatic heterocycles. The van der Waals surface area contributed by atoms with Crippen LogP contribution in [0.2, 0.25) is 0 Å². The first-order chi connectivity index (χ1) is 14.7. The van der Waals surface area contributed by atoms with E-state index in [0.29, 0.717) is 28.8 Å². The zero-order valence-corrected chi connectivity index (χ0v) is 19.9. The molecule has 1 aromatic carbocycles. The van der Waals surface area contributed by atoms with Crippen LogP contribution in [0.3, 0.4) is 0 Å². The summed E-state index contributed by atoms with van der Waals surface area (Å²) >= 11 is 0. The molecule has 0 saturated heterocycles. The quantitative estimate of drug-likeness (QED) is 0.496. The van der Waals surface area contributed by atoms with Crippen LogP contribution in [0.15, 0.2) is 30.9 Å². The molecule has 0 amide bonds. The Kier molecular flexibility index (Phi) is 8.31. The third-order valence-corrected chi connectivity index (χ3v) is 5.44. The lowest BCUT2D eigenvalue weighted by atomic mass is 9.73. The maximum absolute atomic E-state index is 15.1. The van der Waals surface area contributed by atoms with Crippen LogP contribution in [0.5, 0.6) is 0 Å². The zero-order valence-electron chi connectivity index (χ0n) is 19.1. The average Bonchev–Trinajstić information content (AvgIpc) is 3.17. The summed E-state index contributed by atoms with van der Waals surface area (Å²) in [6, 6.07) is 4.81. The Hall–Kier alpha value is -2.58. The van der Waals surface area contributed by atoms with Crippen molar-refractivity contribution >= 4 is 29.5 Å². The molecule has 0 radical (unpaired) electrons. The molecule has 0 aliphatic carbocycles. The van der Waals surface area contributed by atoms with Crippen LogP contribution < -0.4 is 5.73 Å². The molecule has 0 saturated carbocycles. The summed E-state index contributed by atoms with van der Waals surface area (Å²) in [5, 5.41) is 0. The molecule has 1 unspecified atom stereocenters. The molecular formula is C23H31ClFN5O2. The summed E-state index contributed by atoms with van der Waals surface area (Å²) in [5.74, 6) is -0.913. The monoisotopic (exact) mass is 463 g/mol. The van der Waals surface area contributed by atoms with Gasteiger partial charge < -0.3 is 15.0 Å². The minimum atomic E-state index is -1.28. The van der Waals surface area contributed by atoms with Gasteiger partial charge in [-0.05, 0) is 51.3 Å². The van der Waals surface area contributed by atoms with E-state index in [1.807, 2.05) is 32.3 Å². The standard InChI is InChI=1S/C23H30FN5O2.ClH/c1-6-31-22(30)23(11-25,10-14(2)3)17-9-16(7-8-18(17)24)19-20-21(27-12-26-19)29(13-28-20)15(4)5;/h7-9,12-15H,6,10-11,25H2,1-5H3;1H. The van der Waals surface area contributed by atoms with Gasteiger partial charge in [0.05, 0.1) is 12.9 Å². The van der Waals surface area contributed by atoms with E-state index in [9.17, 15) is 4.79 Å². The highest BCUT2D eigenvalue weighted by molar-refractivity contribution is 5.89. The Labute approximate surface area is 194 Å². The molecule has 3 aromatic rings.